The first kappa shape index (κ1) is 22.8. The number of benzene rings is 1. The monoisotopic (exact) mass is 413 g/mol. The normalized spacial score (nSPS) is 19.1. The maximum atomic E-state index is 12.7. The molecule has 1 aromatic carbocycles. The molecule has 0 aromatic heterocycles. The predicted molar refractivity (Wildman–Crippen MR) is 123 cm³/mol. The Bertz CT molecular complexity index is 717. The molecule has 0 saturated carbocycles. The largest absolute Gasteiger partial charge is 0.343 e. The Kier molecular flexibility index (Phi) is 8.32. The number of nitrogens with zero attached hydrogens (tertiary/aromatic N) is 2. The average Bonchev–Trinajstić information content (AvgIpc) is 2.76. The second-order valence-electron chi connectivity index (χ2n) is 9.17. The lowest BCUT2D eigenvalue weighted by molar-refractivity contribution is -0.133. The second-order valence-corrected chi connectivity index (χ2v) is 9.17. The van der Waals surface area contributed by atoms with Crippen LogP contribution in [0.3, 0.4) is 0 Å². The van der Waals surface area contributed by atoms with Gasteiger partial charge in [0.15, 0.2) is 0 Å². The van der Waals surface area contributed by atoms with E-state index < -0.39 is 0 Å². The number of amides is 2. The van der Waals surface area contributed by atoms with E-state index >= 15 is 0 Å². The number of hydrogen-bond donors (Lipinski definition) is 1. The Hall–Kier alpha value is -1.88. The van der Waals surface area contributed by atoms with Crippen molar-refractivity contribution in [2.75, 3.05) is 31.5 Å². The minimum Gasteiger partial charge on any atom is -0.343 e. The fourth-order valence-corrected chi connectivity index (χ4v) is 4.76. The molecule has 2 heterocycles. The van der Waals surface area contributed by atoms with Gasteiger partial charge in [-0.05, 0) is 82.3 Å². The Morgan fingerprint density at radius 1 is 0.967 bits per heavy atom. The molecular formula is C25H39N3O2. The molecular weight excluding hydrogens is 374 g/mol. The van der Waals surface area contributed by atoms with Crippen LogP contribution in [0.2, 0.25) is 0 Å². The maximum absolute atomic E-state index is 12.7. The third kappa shape index (κ3) is 6.07. The maximum Gasteiger partial charge on any atom is 0.227 e. The summed E-state index contributed by atoms with van der Waals surface area (Å²) in [5.41, 5.74) is 3.36. The fourth-order valence-electron chi connectivity index (χ4n) is 4.76. The molecule has 0 atom stereocenters. The molecule has 2 saturated heterocycles. The topological polar surface area (TPSA) is 52.7 Å². The van der Waals surface area contributed by atoms with Crippen molar-refractivity contribution in [3.05, 3.63) is 29.3 Å². The van der Waals surface area contributed by atoms with Gasteiger partial charge in [0.05, 0.1) is 0 Å². The van der Waals surface area contributed by atoms with E-state index in [0.29, 0.717) is 18.4 Å². The van der Waals surface area contributed by atoms with Gasteiger partial charge in [-0.1, -0.05) is 25.8 Å². The van der Waals surface area contributed by atoms with Crippen LogP contribution in [0, 0.1) is 19.8 Å². The highest BCUT2D eigenvalue weighted by atomic mass is 16.2. The lowest BCUT2D eigenvalue weighted by Gasteiger charge is -2.41. The van der Waals surface area contributed by atoms with Crippen molar-refractivity contribution in [3.63, 3.8) is 0 Å². The van der Waals surface area contributed by atoms with Crippen molar-refractivity contribution in [2.45, 2.75) is 78.2 Å². The smallest absolute Gasteiger partial charge is 0.227 e. The molecule has 0 bridgehead atoms. The molecule has 3 rings (SSSR count). The molecule has 0 spiro atoms. The van der Waals surface area contributed by atoms with Gasteiger partial charge in [0.25, 0.3) is 0 Å². The number of nitrogens with one attached hydrogen (secondary N) is 1. The molecule has 2 amide bonds. The lowest BCUT2D eigenvalue weighted by atomic mass is 9.92. The highest BCUT2D eigenvalue weighted by Crippen LogP contribution is 2.25. The van der Waals surface area contributed by atoms with Crippen molar-refractivity contribution in [3.8, 4) is 0 Å². The summed E-state index contributed by atoms with van der Waals surface area (Å²) in [5, 5.41) is 3.11. The predicted octanol–water partition coefficient (Wildman–Crippen LogP) is 4.53. The molecule has 0 aliphatic carbocycles. The number of likely N-dealkylation sites (tertiary alicyclic amines) is 2. The number of aryl methyl sites for hydroxylation is 2. The van der Waals surface area contributed by atoms with Crippen LogP contribution >= 0.6 is 0 Å². The van der Waals surface area contributed by atoms with Crippen molar-refractivity contribution in [2.24, 2.45) is 5.92 Å². The number of unbranched alkanes of at least 4 members (excludes halogenated alkanes) is 2. The van der Waals surface area contributed by atoms with Crippen LogP contribution in [-0.2, 0) is 9.59 Å². The average molecular weight is 414 g/mol. The van der Waals surface area contributed by atoms with Gasteiger partial charge in [-0.3, -0.25) is 9.59 Å². The van der Waals surface area contributed by atoms with E-state index in [-0.39, 0.29) is 11.8 Å². The molecule has 30 heavy (non-hydrogen) atoms. The number of hydrogen-bond acceptors (Lipinski definition) is 3. The summed E-state index contributed by atoms with van der Waals surface area (Å²) in [5.74, 6) is 0.595. The molecule has 5 heteroatoms. The minimum atomic E-state index is 0.100. The summed E-state index contributed by atoms with van der Waals surface area (Å²) < 4.78 is 0. The Morgan fingerprint density at radius 3 is 2.30 bits per heavy atom. The number of carbonyl (C=O) groups is 2. The van der Waals surface area contributed by atoms with Gasteiger partial charge in [-0.2, -0.15) is 0 Å². The number of anilines is 1. The van der Waals surface area contributed by atoms with E-state index in [0.717, 1.165) is 76.8 Å². The van der Waals surface area contributed by atoms with Gasteiger partial charge in [-0.25, -0.2) is 0 Å². The summed E-state index contributed by atoms with van der Waals surface area (Å²) >= 11 is 0. The van der Waals surface area contributed by atoms with Crippen molar-refractivity contribution < 1.29 is 9.59 Å². The van der Waals surface area contributed by atoms with Crippen LogP contribution in [-0.4, -0.2) is 53.8 Å². The zero-order valence-corrected chi connectivity index (χ0v) is 19.1. The quantitative estimate of drug-likeness (QED) is 0.669. The zero-order chi connectivity index (χ0) is 21.5. The first-order valence-electron chi connectivity index (χ1n) is 11.9. The van der Waals surface area contributed by atoms with E-state index in [1.54, 1.807) is 0 Å². The Balaban J connectivity index is 1.40. The van der Waals surface area contributed by atoms with Gasteiger partial charge in [0.2, 0.25) is 11.8 Å². The summed E-state index contributed by atoms with van der Waals surface area (Å²) in [4.78, 5) is 29.6. The molecule has 166 valence electrons. The summed E-state index contributed by atoms with van der Waals surface area (Å²) in [6.07, 6.45) is 8.02. The van der Waals surface area contributed by atoms with Gasteiger partial charge in [0.1, 0.15) is 0 Å². The number of carbonyl (C=O) groups excluding carboxylic acids is 2. The van der Waals surface area contributed by atoms with Crippen LogP contribution in [0.1, 0.15) is 69.4 Å². The van der Waals surface area contributed by atoms with Gasteiger partial charge in [-0.15, -0.1) is 0 Å². The Morgan fingerprint density at radius 2 is 1.67 bits per heavy atom. The van der Waals surface area contributed by atoms with Crippen LogP contribution in [0.5, 0.6) is 0 Å². The Labute approximate surface area is 182 Å². The molecule has 0 radical (unpaired) electrons. The summed E-state index contributed by atoms with van der Waals surface area (Å²) in [7, 11) is 0. The highest BCUT2D eigenvalue weighted by molar-refractivity contribution is 5.92. The molecule has 5 nitrogen and oxygen atoms in total. The van der Waals surface area contributed by atoms with Crippen molar-refractivity contribution >= 4 is 17.5 Å². The minimum absolute atomic E-state index is 0.100. The van der Waals surface area contributed by atoms with Crippen molar-refractivity contribution in [1.82, 2.24) is 9.80 Å². The molecule has 2 aliphatic rings. The van der Waals surface area contributed by atoms with Crippen LogP contribution in [0.25, 0.3) is 0 Å². The SMILES string of the molecule is CCCCCC(=O)N1CCC(N2CCC(C(=O)Nc3ccc(C)c(C)c3)CC2)CC1. The number of rotatable bonds is 7. The third-order valence-corrected chi connectivity index (χ3v) is 7.00. The molecule has 1 N–H and O–H groups in total. The van der Waals surface area contributed by atoms with Crippen LogP contribution in [0.4, 0.5) is 5.69 Å². The van der Waals surface area contributed by atoms with E-state index in [2.05, 4.69) is 48.0 Å². The molecule has 1 aromatic rings. The lowest BCUT2D eigenvalue weighted by Crippen LogP contribution is -2.49. The molecule has 2 aliphatic heterocycles. The third-order valence-electron chi connectivity index (χ3n) is 7.00. The molecule has 0 unspecified atom stereocenters. The van der Waals surface area contributed by atoms with Crippen LogP contribution < -0.4 is 5.32 Å². The van der Waals surface area contributed by atoms with E-state index in [1.807, 2.05) is 6.07 Å². The van der Waals surface area contributed by atoms with E-state index in [1.165, 1.54) is 11.1 Å². The summed E-state index contributed by atoms with van der Waals surface area (Å²) in [6.45, 7) is 10.1. The first-order chi connectivity index (χ1) is 14.5. The number of piperidine rings is 2. The zero-order valence-electron chi connectivity index (χ0n) is 19.1. The van der Waals surface area contributed by atoms with E-state index in [9.17, 15) is 9.59 Å². The van der Waals surface area contributed by atoms with Gasteiger partial charge >= 0.3 is 0 Å². The fraction of sp³-hybridized carbons (Fsp3) is 0.680. The van der Waals surface area contributed by atoms with Crippen LogP contribution in [0.15, 0.2) is 18.2 Å². The second kappa shape index (κ2) is 10.9. The van der Waals surface area contributed by atoms with E-state index in [4.69, 9.17) is 0 Å². The van der Waals surface area contributed by atoms with Gasteiger partial charge < -0.3 is 15.1 Å². The summed E-state index contributed by atoms with van der Waals surface area (Å²) in [6, 6.07) is 6.68. The standard InChI is InChI=1S/C25H39N3O2/c1-4-5-6-7-24(29)28-16-12-23(13-17-28)27-14-10-21(11-15-27)25(30)26-22-9-8-19(2)20(3)18-22/h8-9,18,21,23H,4-7,10-17H2,1-3H3,(H,26,30). The highest BCUT2D eigenvalue weighted by Gasteiger charge is 2.31. The van der Waals surface area contributed by atoms with Gasteiger partial charge in [0, 0.05) is 37.2 Å². The van der Waals surface area contributed by atoms with Crippen molar-refractivity contribution in [1.29, 1.82) is 0 Å². The molecule has 2 fully saturated rings. The first-order valence-corrected chi connectivity index (χ1v) is 11.9.